The quantitative estimate of drug-likeness (QED) is 0.915. The van der Waals surface area contributed by atoms with Crippen LogP contribution in [0, 0.1) is 0 Å². The number of ether oxygens (including phenoxy) is 4. The Labute approximate surface area is 123 Å². The predicted octanol–water partition coefficient (Wildman–Crippen LogP) is 1.69. The van der Waals surface area contributed by atoms with E-state index in [0.717, 1.165) is 6.42 Å². The summed E-state index contributed by atoms with van der Waals surface area (Å²) in [6.45, 7) is 4.00. The van der Waals surface area contributed by atoms with Gasteiger partial charge in [0, 0.05) is 18.5 Å². The Kier molecular flexibility index (Phi) is 3.98. The third-order valence-corrected chi connectivity index (χ3v) is 3.60. The SMILES string of the molecule is CC1(CCNC(=O)c2ccc3c(c2)OCO3)OCCCO1. The van der Waals surface area contributed by atoms with Gasteiger partial charge in [0.25, 0.3) is 5.91 Å². The van der Waals surface area contributed by atoms with Crippen LogP contribution < -0.4 is 14.8 Å². The van der Waals surface area contributed by atoms with Gasteiger partial charge < -0.3 is 24.3 Å². The summed E-state index contributed by atoms with van der Waals surface area (Å²) in [5.74, 6) is 0.532. The van der Waals surface area contributed by atoms with Crippen LogP contribution in [0.5, 0.6) is 11.5 Å². The minimum atomic E-state index is -0.597. The van der Waals surface area contributed by atoms with E-state index in [2.05, 4.69) is 5.32 Å². The molecule has 2 aliphatic heterocycles. The molecule has 0 radical (unpaired) electrons. The number of hydrogen-bond donors (Lipinski definition) is 1. The maximum Gasteiger partial charge on any atom is 0.251 e. The molecule has 0 saturated carbocycles. The number of benzene rings is 1. The molecule has 0 aliphatic carbocycles. The first-order chi connectivity index (χ1) is 10.2. The van der Waals surface area contributed by atoms with E-state index in [-0.39, 0.29) is 12.7 Å². The zero-order chi connectivity index (χ0) is 14.7. The fraction of sp³-hybridized carbons (Fsp3) is 0.533. The Hall–Kier alpha value is -1.79. The summed E-state index contributed by atoms with van der Waals surface area (Å²) in [6, 6.07) is 5.15. The van der Waals surface area contributed by atoms with Gasteiger partial charge in [0.15, 0.2) is 17.3 Å². The molecule has 0 unspecified atom stereocenters. The minimum absolute atomic E-state index is 0.146. The van der Waals surface area contributed by atoms with Crippen molar-refractivity contribution in [1.82, 2.24) is 5.32 Å². The van der Waals surface area contributed by atoms with Crippen LogP contribution in [0.2, 0.25) is 0 Å². The lowest BCUT2D eigenvalue weighted by atomic mass is 10.1. The number of fused-ring (bicyclic) bond motifs is 1. The largest absolute Gasteiger partial charge is 0.454 e. The fourth-order valence-electron chi connectivity index (χ4n) is 2.36. The monoisotopic (exact) mass is 293 g/mol. The first-order valence-electron chi connectivity index (χ1n) is 7.12. The van der Waals surface area contributed by atoms with Crippen molar-refractivity contribution in [2.45, 2.75) is 25.6 Å². The number of carbonyl (C=O) groups excluding carboxylic acids is 1. The number of nitrogens with one attached hydrogen (secondary N) is 1. The molecule has 3 rings (SSSR count). The van der Waals surface area contributed by atoms with Gasteiger partial charge in [-0.3, -0.25) is 4.79 Å². The Morgan fingerprint density at radius 1 is 1.24 bits per heavy atom. The third-order valence-electron chi connectivity index (χ3n) is 3.60. The topological polar surface area (TPSA) is 66.0 Å². The molecule has 2 aliphatic rings. The molecule has 0 aromatic heterocycles. The van der Waals surface area contributed by atoms with Gasteiger partial charge in [-0.15, -0.1) is 0 Å². The highest BCUT2D eigenvalue weighted by Gasteiger charge is 2.28. The lowest BCUT2D eigenvalue weighted by Crippen LogP contribution is -2.40. The summed E-state index contributed by atoms with van der Waals surface area (Å²) in [5, 5.41) is 2.87. The van der Waals surface area contributed by atoms with Gasteiger partial charge >= 0.3 is 0 Å². The van der Waals surface area contributed by atoms with Gasteiger partial charge in [0.1, 0.15) is 0 Å². The van der Waals surface area contributed by atoms with Crippen LogP contribution in [-0.4, -0.2) is 38.2 Å². The van der Waals surface area contributed by atoms with Crippen molar-refractivity contribution >= 4 is 5.91 Å². The van der Waals surface area contributed by atoms with Crippen LogP contribution in [0.15, 0.2) is 18.2 Å². The van der Waals surface area contributed by atoms with E-state index in [1.165, 1.54) is 0 Å². The van der Waals surface area contributed by atoms with E-state index in [9.17, 15) is 4.79 Å². The van der Waals surface area contributed by atoms with Crippen molar-refractivity contribution in [2.24, 2.45) is 0 Å². The third kappa shape index (κ3) is 3.28. The van der Waals surface area contributed by atoms with Crippen molar-refractivity contribution in [1.29, 1.82) is 0 Å². The van der Waals surface area contributed by atoms with Gasteiger partial charge in [-0.1, -0.05) is 0 Å². The molecule has 1 saturated heterocycles. The Morgan fingerprint density at radius 2 is 2.00 bits per heavy atom. The standard InChI is InChI=1S/C15H19NO5/c1-15(20-7-2-8-21-15)5-6-16-14(17)11-3-4-12-13(9-11)19-10-18-12/h3-4,9H,2,5-8,10H2,1H3,(H,16,17). The highest BCUT2D eigenvalue weighted by atomic mass is 16.7. The predicted molar refractivity (Wildman–Crippen MR) is 74.4 cm³/mol. The van der Waals surface area contributed by atoms with Crippen LogP contribution in [0.4, 0.5) is 0 Å². The summed E-state index contributed by atoms with van der Waals surface area (Å²) in [6.07, 6.45) is 1.53. The first kappa shape index (κ1) is 14.2. The molecule has 0 atom stereocenters. The van der Waals surface area contributed by atoms with Crippen LogP contribution in [-0.2, 0) is 9.47 Å². The number of carbonyl (C=O) groups is 1. The van der Waals surface area contributed by atoms with E-state index in [1.54, 1.807) is 18.2 Å². The highest BCUT2D eigenvalue weighted by Crippen LogP contribution is 2.32. The number of hydrogen-bond acceptors (Lipinski definition) is 5. The summed E-state index contributed by atoms with van der Waals surface area (Å²) in [7, 11) is 0. The van der Waals surface area contributed by atoms with Crippen molar-refractivity contribution in [2.75, 3.05) is 26.6 Å². The summed E-state index contributed by atoms with van der Waals surface area (Å²) in [4.78, 5) is 12.1. The Bertz CT molecular complexity index is 525. The van der Waals surface area contributed by atoms with E-state index < -0.39 is 5.79 Å². The Morgan fingerprint density at radius 3 is 2.81 bits per heavy atom. The molecule has 21 heavy (non-hydrogen) atoms. The van der Waals surface area contributed by atoms with Gasteiger partial charge in [-0.2, -0.15) is 0 Å². The van der Waals surface area contributed by atoms with Gasteiger partial charge in [0.05, 0.1) is 13.2 Å². The van der Waals surface area contributed by atoms with Crippen LogP contribution in [0.25, 0.3) is 0 Å². The van der Waals surface area contributed by atoms with Crippen molar-refractivity contribution < 1.29 is 23.7 Å². The fourth-order valence-corrected chi connectivity index (χ4v) is 2.36. The Balaban J connectivity index is 1.52. The molecular weight excluding hydrogens is 274 g/mol. The van der Waals surface area contributed by atoms with Gasteiger partial charge in [0.2, 0.25) is 6.79 Å². The maximum atomic E-state index is 12.1. The second-order valence-corrected chi connectivity index (χ2v) is 5.26. The molecule has 1 N–H and O–H groups in total. The van der Waals surface area contributed by atoms with Crippen molar-refractivity contribution in [3.8, 4) is 11.5 Å². The molecule has 6 heteroatoms. The van der Waals surface area contributed by atoms with E-state index >= 15 is 0 Å². The average Bonchev–Trinajstić information content (AvgIpc) is 2.95. The van der Waals surface area contributed by atoms with E-state index in [4.69, 9.17) is 18.9 Å². The highest BCUT2D eigenvalue weighted by molar-refractivity contribution is 5.94. The second-order valence-electron chi connectivity index (χ2n) is 5.26. The molecule has 114 valence electrons. The van der Waals surface area contributed by atoms with Crippen LogP contribution >= 0.6 is 0 Å². The molecule has 0 spiro atoms. The number of rotatable bonds is 4. The summed E-state index contributed by atoms with van der Waals surface area (Å²) < 4.78 is 21.7. The van der Waals surface area contributed by atoms with Crippen LogP contribution in [0.3, 0.4) is 0 Å². The lowest BCUT2D eigenvalue weighted by Gasteiger charge is -2.33. The normalized spacial score (nSPS) is 19.3. The summed E-state index contributed by atoms with van der Waals surface area (Å²) in [5.41, 5.74) is 0.551. The summed E-state index contributed by atoms with van der Waals surface area (Å²) >= 11 is 0. The molecule has 0 bridgehead atoms. The van der Waals surface area contributed by atoms with Gasteiger partial charge in [-0.25, -0.2) is 0 Å². The number of amides is 1. The zero-order valence-corrected chi connectivity index (χ0v) is 12.0. The molecule has 2 heterocycles. The molecule has 6 nitrogen and oxygen atoms in total. The van der Waals surface area contributed by atoms with Gasteiger partial charge in [-0.05, 0) is 31.5 Å². The average molecular weight is 293 g/mol. The smallest absolute Gasteiger partial charge is 0.251 e. The molecule has 1 aromatic carbocycles. The van der Waals surface area contributed by atoms with Crippen molar-refractivity contribution in [3.63, 3.8) is 0 Å². The zero-order valence-electron chi connectivity index (χ0n) is 12.0. The lowest BCUT2D eigenvalue weighted by molar-refractivity contribution is -0.257. The van der Waals surface area contributed by atoms with E-state index in [1.807, 2.05) is 6.92 Å². The van der Waals surface area contributed by atoms with Crippen molar-refractivity contribution in [3.05, 3.63) is 23.8 Å². The second kappa shape index (κ2) is 5.91. The first-order valence-corrected chi connectivity index (χ1v) is 7.12. The maximum absolute atomic E-state index is 12.1. The molecule has 1 fully saturated rings. The molecule has 1 aromatic rings. The molecule has 1 amide bonds. The van der Waals surface area contributed by atoms with E-state index in [0.29, 0.717) is 43.2 Å². The van der Waals surface area contributed by atoms with Crippen LogP contribution in [0.1, 0.15) is 30.1 Å². The minimum Gasteiger partial charge on any atom is -0.454 e. The molecular formula is C15H19NO5.